The Morgan fingerprint density at radius 1 is 1.31 bits per heavy atom. The SMILES string of the molecule is CCC1(NO)COC(c2ccccc2)OC1. The van der Waals surface area contributed by atoms with Gasteiger partial charge in [-0.05, 0) is 6.42 Å². The van der Waals surface area contributed by atoms with Crippen molar-refractivity contribution in [3.05, 3.63) is 35.9 Å². The van der Waals surface area contributed by atoms with Gasteiger partial charge in [-0.3, -0.25) is 0 Å². The van der Waals surface area contributed by atoms with Crippen LogP contribution in [-0.4, -0.2) is 24.0 Å². The Labute approximate surface area is 95.1 Å². The molecule has 1 aliphatic rings. The van der Waals surface area contributed by atoms with E-state index >= 15 is 0 Å². The van der Waals surface area contributed by atoms with Crippen molar-refractivity contribution in [2.45, 2.75) is 25.2 Å². The zero-order valence-corrected chi connectivity index (χ0v) is 9.35. The highest BCUT2D eigenvalue weighted by atomic mass is 16.7. The number of hydroxylamine groups is 1. The number of benzene rings is 1. The first kappa shape index (κ1) is 11.5. The Balaban J connectivity index is 2.00. The molecule has 1 fully saturated rings. The molecule has 0 saturated carbocycles. The maximum atomic E-state index is 9.09. The van der Waals surface area contributed by atoms with Crippen molar-refractivity contribution in [2.75, 3.05) is 13.2 Å². The summed E-state index contributed by atoms with van der Waals surface area (Å²) in [4.78, 5) is 0. The van der Waals surface area contributed by atoms with E-state index in [2.05, 4.69) is 5.48 Å². The van der Waals surface area contributed by atoms with E-state index < -0.39 is 5.54 Å². The summed E-state index contributed by atoms with van der Waals surface area (Å²) < 4.78 is 11.2. The molecule has 1 aliphatic heterocycles. The Bertz CT molecular complexity index is 314. The van der Waals surface area contributed by atoms with Gasteiger partial charge in [-0.25, -0.2) is 0 Å². The molecule has 0 amide bonds. The van der Waals surface area contributed by atoms with Gasteiger partial charge in [-0.2, -0.15) is 5.48 Å². The fraction of sp³-hybridized carbons (Fsp3) is 0.500. The van der Waals surface area contributed by atoms with Crippen LogP contribution in [0.2, 0.25) is 0 Å². The number of ether oxygens (including phenoxy) is 2. The minimum Gasteiger partial charge on any atom is -0.346 e. The van der Waals surface area contributed by atoms with E-state index in [1.807, 2.05) is 37.3 Å². The van der Waals surface area contributed by atoms with Crippen molar-refractivity contribution < 1.29 is 14.7 Å². The summed E-state index contributed by atoms with van der Waals surface area (Å²) in [7, 11) is 0. The third-order valence-corrected chi connectivity index (χ3v) is 3.01. The van der Waals surface area contributed by atoms with Crippen LogP contribution >= 0.6 is 0 Å². The lowest BCUT2D eigenvalue weighted by Gasteiger charge is -2.38. The topological polar surface area (TPSA) is 50.7 Å². The van der Waals surface area contributed by atoms with Gasteiger partial charge in [0.15, 0.2) is 6.29 Å². The van der Waals surface area contributed by atoms with Crippen LogP contribution in [0, 0.1) is 0 Å². The summed E-state index contributed by atoms with van der Waals surface area (Å²) in [6.07, 6.45) is 0.430. The van der Waals surface area contributed by atoms with Gasteiger partial charge in [-0.1, -0.05) is 37.3 Å². The first-order chi connectivity index (χ1) is 7.79. The van der Waals surface area contributed by atoms with Crippen molar-refractivity contribution in [3.8, 4) is 0 Å². The van der Waals surface area contributed by atoms with E-state index in [9.17, 15) is 0 Å². The average molecular weight is 223 g/mol. The van der Waals surface area contributed by atoms with Gasteiger partial charge in [0.1, 0.15) is 0 Å². The van der Waals surface area contributed by atoms with Crippen LogP contribution < -0.4 is 5.48 Å². The standard InChI is InChI=1S/C12H17NO3/c1-2-12(13-14)8-15-11(16-9-12)10-6-4-3-5-7-10/h3-7,11,13-14H,2,8-9H2,1H3. The molecule has 0 unspecified atom stereocenters. The van der Waals surface area contributed by atoms with E-state index in [1.165, 1.54) is 0 Å². The highest BCUT2D eigenvalue weighted by molar-refractivity contribution is 5.16. The third kappa shape index (κ3) is 2.25. The Hall–Kier alpha value is -0.940. The van der Waals surface area contributed by atoms with Gasteiger partial charge in [-0.15, -0.1) is 0 Å². The van der Waals surface area contributed by atoms with Crippen molar-refractivity contribution in [1.29, 1.82) is 0 Å². The van der Waals surface area contributed by atoms with E-state index in [0.29, 0.717) is 13.2 Å². The maximum Gasteiger partial charge on any atom is 0.183 e. The molecule has 1 heterocycles. The van der Waals surface area contributed by atoms with E-state index in [1.54, 1.807) is 0 Å². The number of nitrogens with one attached hydrogen (secondary N) is 1. The summed E-state index contributed by atoms with van der Waals surface area (Å²) in [5, 5.41) is 9.09. The maximum absolute atomic E-state index is 9.09. The fourth-order valence-electron chi connectivity index (χ4n) is 1.71. The number of rotatable bonds is 3. The van der Waals surface area contributed by atoms with Gasteiger partial charge in [0.2, 0.25) is 0 Å². The zero-order chi connectivity index (χ0) is 11.4. The smallest absolute Gasteiger partial charge is 0.183 e. The fourth-order valence-corrected chi connectivity index (χ4v) is 1.71. The van der Waals surface area contributed by atoms with E-state index in [0.717, 1.165) is 12.0 Å². The second-order valence-corrected chi connectivity index (χ2v) is 4.11. The minimum absolute atomic E-state index is 0.325. The first-order valence-electron chi connectivity index (χ1n) is 5.49. The molecule has 0 aliphatic carbocycles. The van der Waals surface area contributed by atoms with Gasteiger partial charge in [0.25, 0.3) is 0 Å². The predicted molar refractivity (Wildman–Crippen MR) is 59.0 cm³/mol. The highest BCUT2D eigenvalue weighted by Crippen LogP contribution is 2.27. The molecule has 4 heteroatoms. The summed E-state index contributed by atoms with van der Waals surface area (Å²) in [6, 6.07) is 9.80. The van der Waals surface area contributed by atoms with Crippen LogP contribution in [0.4, 0.5) is 0 Å². The first-order valence-corrected chi connectivity index (χ1v) is 5.49. The molecule has 2 rings (SSSR count). The molecule has 1 aromatic carbocycles. The second kappa shape index (κ2) is 4.93. The van der Waals surface area contributed by atoms with Crippen molar-refractivity contribution in [1.82, 2.24) is 5.48 Å². The molecule has 0 bridgehead atoms. The van der Waals surface area contributed by atoms with Gasteiger partial charge >= 0.3 is 0 Å². The molecule has 2 N–H and O–H groups in total. The summed E-state index contributed by atoms with van der Waals surface area (Å²) in [6.45, 7) is 2.87. The van der Waals surface area contributed by atoms with Crippen molar-refractivity contribution in [3.63, 3.8) is 0 Å². The second-order valence-electron chi connectivity index (χ2n) is 4.11. The van der Waals surface area contributed by atoms with Crippen molar-refractivity contribution in [2.24, 2.45) is 0 Å². The lowest BCUT2D eigenvalue weighted by Crippen LogP contribution is -2.54. The molecular formula is C12H17NO3. The Kier molecular flexibility index (Phi) is 3.56. The predicted octanol–water partition coefficient (Wildman–Crippen LogP) is 1.86. The molecular weight excluding hydrogens is 206 g/mol. The van der Waals surface area contributed by atoms with Gasteiger partial charge < -0.3 is 14.7 Å². The molecule has 1 saturated heterocycles. The van der Waals surface area contributed by atoms with Crippen LogP contribution in [0.1, 0.15) is 25.2 Å². The van der Waals surface area contributed by atoms with Crippen LogP contribution in [0.5, 0.6) is 0 Å². The normalized spacial score (nSPS) is 30.2. The largest absolute Gasteiger partial charge is 0.346 e. The molecule has 88 valence electrons. The lowest BCUT2D eigenvalue weighted by molar-refractivity contribution is -0.232. The number of hydrogen-bond acceptors (Lipinski definition) is 4. The molecule has 0 radical (unpaired) electrons. The number of hydrogen-bond donors (Lipinski definition) is 2. The molecule has 4 nitrogen and oxygen atoms in total. The monoisotopic (exact) mass is 223 g/mol. The third-order valence-electron chi connectivity index (χ3n) is 3.01. The van der Waals surface area contributed by atoms with E-state index in [-0.39, 0.29) is 6.29 Å². The molecule has 0 atom stereocenters. The molecule has 1 aromatic rings. The molecule has 0 aromatic heterocycles. The quantitative estimate of drug-likeness (QED) is 0.768. The van der Waals surface area contributed by atoms with Crippen molar-refractivity contribution >= 4 is 0 Å². The zero-order valence-electron chi connectivity index (χ0n) is 9.35. The highest BCUT2D eigenvalue weighted by Gasteiger charge is 2.35. The Morgan fingerprint density at radius 2 is 1.94 bits per heavy atom. The van der Waals surface area contributed by atoms with Crippen LogP contribution in [0.15, 0.2) is 30.3 Å². The van der Waals surface area contributed by atoms with Crippen LogP contribution in [0.3, 0.4) is 0 Å². The summed E-state index contributed by atoms with van der Waals surface area (Å²) in [5.41, 5.74) is 2.83. The summed E-state index contributed by atoms with van der Waals surface area (Å²) >= 11 is 0. The molecule has 16 heavy (non-hydrogen) atoms. The molecule has 0 spiro atoms. The van der Waals surface area contributed by atoms with E-state index in [4.69, 9.17) is 14.7 Å². The minimum atomic E-state index is -0.467. The van der Waals surface area contributed by atoms with Crippen LogP contribution in [-0.2, 0) is 9.47 Å². The van der Waals surface area contributed by atoms with Crippen LogP contribution in [0.25, 0.3) is 0 Å². The Morgan fingerprint density at radius 3 is 2.44 bits per heavy atom. The lowest BCUT2D eigenvalue weighted by atomic mass is 9.99. The summed E-state index contributed by atoms with van der Waals surface area (Å²) in [5.74, 6) is 0. The van der Waals surface area contributed by atoms with Gasteiger partial charge in [0.05, 0.1) is 18.8 Å². The van der Waals surface area contributed by atoms with Gasteiger partial charge in [0, 0.05) is 5.56 Å². The average Bonchev–Trinajstić information content (AvgIpc) is 2.40.